The van der Waals surface area contributed by atoms with Crippen molar-refractivity contribution in [2.75, 3.05) is 19.7 Å². The summed E-state index contributed by atoms with van der Waals surface area (Å²) in [6.07, 6.45) is 5.09. The smallest absolute Gasteiger partial charge is 0.119 e. The Kier molecular flexibility index (Phi) is 4.58. The monoisotopic (exact) mass is 274 g/mol. The molecule has 1 aromatic rings. The van der Waals surface area contributed by atoms with Gasteiger partial charge in [-0.15, -0.1) is 0 Å². The van der Waals surface area contributed by atoms with Crippen LogP contribution in [0.3, 0.4) is 0 Å². The fraction of sp³-hybridized carbons (Fsp3) is 0.647. The fourth-order valence-electron chi connectivity index (χ4n) is 3.33. The first-order valence-corrected chi connectivity index (χ1v) is 8.03. The molecule has 3 nitrogen and oxygen atoms in total. The maximum atomic E-state index is 5.64. The molecule has 0 aliphatic carbocycles. The predicted octanol–water partition coefficient (Wildman–Crippen LogP) is 2.80. The van der Waals surface area contributed by atoms with Crippen molar-refractivity contribution < 1.29 is 4.74 Å². The highest BCUT2D eigenvalue weighted by Gasteiger charge is 2.28. The zero-order valence-electron chi connectivity index (χ0n) is 12.5. The van der Waals surface area contributed by atoms with E-state index in [-0.39, 0.29) is 0 Å². The van der Waals surface area contributed by atoms with E-state index in [0.717, 1.165) is 37.4 Å². The molecule has 2 heterocycles. The molecule has 2 bridgehead atoms. The summed E-state index contributed by atoms with van der Waals surface area (Å²) in [4.78, 5) is 2.60. The normalized spacial score (nSPS) is 26.4. The van der Waals surface area contributed by atoms with Crippen LogP contribution in [0.15, 0.2) is 24.3 Å². The number of rotatable bonds is 5. The molecule has 2 aliphatic rings. The molecule has 2 unspecified atom stereocenters. The van der Waals surface area contributed by atoms with Crippen molar-refractivity contribution in [3.05, 3.63) is 29.8 Å². The minimum absolute atomic E-state index is 0.717. The van der Waals surface area contributed by atoms with Gasteiger partial charge in [-0.05, 0) is 43.4 Å². The van der Waals surface area contributed by atoms with Crippen LogP contribution >= 0.6 is 0 Å². The van der Waals surface area contributed by atoms with Crippen LogP contribution in [-0.2, 0) is 6.54 Å². The molecular weight excluding hydrogens is 248 g/mol. The Balaban J connectivity index is 1.54. The highest BCUT2D eigenvalue weighted by molar-refractivity contribution is 5.27. The van der Waals surface area contributed by atoms with Crippen molar-refractivity contribution in [2.45, 2.75) is 51.2 Å². The first-order valence-electron chi connectivity index (χ1n) is 8.03. The molecule has 0 radical (unpaired) electrons. The second kappa shape index (κ2) is 6.59. The van der Waals surface area contributed by atoms with Gasteiger partial charge in [0.1, 0.15) is 5.75 Å². The van der Waals surface area contributed by atoms with E-state index in [1.807, 2.05) is 0 Å². The predicted molar refractivity (Wildman–Crippen MR) is 82.1 cm³/mol. The Hall–Kier alpha value is -1.06. The van der Waals surface area contributed by atoms with E-state index in [4.69, 9.17) is 4.74 Å². The Morgan fingerprint density at radius 1 is 1.15 bits per heavy atom. The molecule has 0 aromatic heterocycles. The average Bonchev–Trinajstić information content (AvgIpc) is 2.81. The van der Waals surface area contributed by atoms with Crippen LogP contribution in [0.25, 0.3) is 0 Å². The molecule has 0 saturated carbocycles. The summed E-state index contributed by atoms with van der Waals surface area (Å²) >= 11 is 0. The average molecular weight is 274 g/mol. The lowest BCUT2D eigenvalue weighted by atomic mass is 10.1. The summed E-state index contributed by atoms with van der Waals surface area (Å²) in [6, 6.07) is 10.1. The van der Waals surface area contributed by atoms with E-state index >= 15 is 0 Å². The highest BCUT2D eigenvalue weighted by Crippen LogP contribution is 2.22. The third kappa shape index (κ3) is 3.53. The van der Waals surface area contributed by atoms with Crippen molar-refractivity contribution in [2.24, 2.45) is 0 Å². The van der Waals surface area contributed by atoms with Crippen LogP contribution in [0.5, 0.6) is 5.75 Å². The molecule has 20 heavy (non-hydrogen) atoms. The Morgan fingerprint density at radius 2 is 1.95 bits per heavy atom. The summed E-state index contributed by atoms with van der Waals surface area (Å²) < 4.78 is 5.64. The standard InChI is InChI=1S/C17H26N2O/c1-2-11-20-17-7-3-14(4-8-17)12-19-10-9-15-5-6-16(13-19)18-15/h3-4,7-8,15-16,18H,2,5-6,9-13H2,1H3. The molecule has 3 heteroatoms. The Morgan fingerprint density at radius 3 is 2.75 bits per heavy atom. The van der Waals surface area contributed by atoms with E-state index in [9.17, 15) is 0 Å². The molecular formula is C17H26N2O. The zero-order chi connectivity index (χ0) is 13.8. The molecule has 0 amide bonds. The van der Waals surface area contributed by atoms with Crippen molar-refractivity contribution in [3.63, 3.8) is 0 Å². The third-order valence-electron chi connectivity index (χ3n) is 4.41. The molecule has 1 aromatic carbocycles. The van der Waals surface area contributed by atoms with E-state index in [2.05, 4.69) is 41.4 Å². The molecule has 3 rings (SSSR count). The minimum atomic E-state index is 0.717. The van der Waals surface area contributed by atoms with Crippen molar-refractivity contribution in [1.82, 2.24) is 10.2 Å². The molecule has 2 aliphatic heterocycles. The number of nitrogens with zero attached hydrogens (tertiary/aromatic N) is 1. The summed E-state index contributed by atoms with van der Waals surface area (Å²) in [5.41, 5.74) is 1.40. The summed E-state index contributed by atoms with van der Waals surface area (Å²) in [7, 11) is 0. The number of hydrogen-bond donors (Lipinski definition) is 1. The molecule has 2 fully saturated rings. The van der Waals surface area contributed by atoms with Gasteiger partial charge in [0.05, 0.1) is 6.61 Å². The van der Waals surface area contributed by atoms with Crippen LogP contribution in [0.1, 0.15) is 38.2 Å². The van der Waals surface area contributed by atoms with Crippen LogP contribution in [0.4, 0.5) is 0 Å². The Labute approximate surface area is 122 Å². The summed E-state index contributed by atoms with van der Waals surface area (Å²) in [5, 5.41) is 3.74. The first-order chi connectivity index (χ1) is 9.83. The fourth-order valence-corrected chi connectivity index (χ4v) is 3.33. The van der Waals surface area contributed by atoms with Crippen LogP contribution in [-0.4, -0.2) is 36.7 Å². The van der Waals surface area contributed by atoms with Gasteiger partial charge >= 0.3 is 0 Å². The second-order valence-electron chi connectivity index (χ2n) is 6.15. The van der Waals surface area contributed by atoms with Gasteiger partial charge in [0.2, 0.25) is 0 Å². The van der Waals surface area contributed by atoms with Gasteiger partial charge in [-0.3, -0.25) is 4.90 Å². The van der Waals surface area contributed by atoms with Crippen molar-refractivity contribution in [1.29, 1.82) is 0 Å². The van der Waals surface area contributed by atoms with Crippen molar-refractivity contribution >= 4 is 0 Å². The lowest BCUT2D eigenvalue weighted by Gasteiger charge is -2.24. The van der Waals surface area contributed by atoms with Gasteiger partial charge in [-0.25, -0.2) is 0 Å². The maximum absolute atomic E-state index is 5.64. The summed E-state index contributed by atoms with van der Waals surface area (Å²) in [5.74, 6) is 0.993. The number of fused-ring (bicyclic) bond motifs is 2. The zero-order valence-corrected chi connectivity index (χ0v) is 12.5. The Bertz CT molecular complexity index is 418. The van der Waals surface area contributed by atoms with Gasteiger partial charge in [0.25, 0.3) is 0 Å². The SMILES string of the molecule is CCCOc1ccc(CN2CCC3CCC(C2)N3)cc1. The van der Waals surface area contributed by atoms with E-state index < -0.39 is 0 Å². The van der Waals surface area contributed by atoms with Gasteiger partial charge in [-0.1, -0.05) is 19.1 Å². The molecule has 2 atom stereocenters. The maximum Gasteiger partial charge on any atom is 0.119 e. The topological polar surface area (TPSA) is 24.5 Å². The minimum Gasteiger partial charge on any atom is -0.494 e. The van der Waals surface area contributed by atoms with E-state index in [1.54, 1.807) is 0 Å². The van der Waals surface area contributed by atoms with Crippen LogP contribution < -0.4 is 10.1 Å². The first kappa shape index (κ1) is 13.9. The summed E-state index contributed by atoms with van der Waals surface area (Å²) in [6.45, 7) is 6.43. The van der Waals surface area contributed by atoms with Gasteiger partial charge in [-0.2, -0.15) is 0 Å². The lowest BCUT2D eigenvalue weighted by molar-refractivity contribution is 0.250. The molecule has 2 saturated heterocycles. The quantitative estimate of drug-likeness (QED) is 0.893. The van der Waals surface area contributed by atoms with Crippen molar-refractivity contribution in [3.8, 4) is 5.75 Å². The number of benzene rings is 1. The van der Waals surface area contributed by atoms with E-state index in [0.29, 0.717) is 0 Å². The molecule has 1 N–H and O–H groups in total. The number of likely N-dealkylation sites (tertiary alicyclic amines) is 1. The molecule has 110 valence electrons. The number of hydrogen-bond acceptors (Lipinski definition) is 3. The number of nitrogens with one attached hydrogen (secondary N) is 1. The molecule has 0 spiro atoms. The second-order valence-corrected chi connectivity index (χ2v) is 6.15. The van der Waals surface area contributed by atoms with Crippen LogP contribution in [0, 0.1) is 0 Å². The van der Waals surface area contributed by atoms with Crippen LogP contribution in [0.2, 0.25) is 0 Å². The lowest BCUT2D eigenvalue weighted by Crippen LogP contribution is -2.34. The third-order valence-corrected chi connectivity index (χ3v) is 4.41. The van der Waals surface area contributed by atoms with Gasteiger partial charge in [0, 0.05) is 31.7 Å². The van der Waals surface area contributed by atoms with Gasteiger partial charge < -0.3 is 10.1 Å². The number of ether oxygens (including phenoxy) is 1. The highest BCUT2D eigenvalue weighted by atomic mass is 16.5. The van der Waals surface area contributed by atoms with Gasteiger partial charge in [0.15, 0.2) is 0 Å². The van der Waals surface area contributed by atoms with E-state index in [1.165, 1.54) is 37.9 Å². The largest absolute Gasteiger partial charge is 0.494 e.